The van der Waals surface area contributed by atoms with E-state index < -0.39 is 0 Å². The molecule has 0 aromatic rings. The van der Waals surface area contributed by atoms with E-state index in [2.05, 4.69) is 17.1 Å². The Morgan fingerprint density at radius 3 is 1.90 bits per heavy atom. The molecule has 1 unspecified atom stereocenters. The van der Waals surface area contributed by atoms with Crippen molar-refractivity contribution >= 4 is 24.8 Å². The summed E-state index contributed by atoms with van der Waals surface area (Å²) in [6.45, 7) is 5.84. The summed E-state index contributed by atoms with van der Waals surface area (Å²) in [5.74, 6) is 0. The highest BCUT2D eigenvalue weighted by Gasteiger charge is 2.26. The van der Waals surface area contributed by atoms with Crippen LogP contribution < -0.4 is 5.32 Å². The minimum atomic E-state index is 0. The molecule has 238 valence electrons. The molecule has 8 heteroatoms. The van der Waals surface area contributed by atoms with Crippen LogP contribution in [0.4, 0.5) is 4.79 Å². The summed E-state index contributed by atoms with van der Waals surface area (Å²) in [7, 11) is 4.05. The second-order valence-electron chi connectivity index (χ2n) is 11.9. The topological polar surface area (TPSA) is 65.1 Å². The monoisotopic (exact) mass is 588 g/mol. The van der Waals surface area contributed by atoms with Crippen LogP contribution in [0.5, 0.6) is 0 Å². The fourth-order valence-corrected chi connectivity index (χ4v) is 5.53. The van der Waals surface area contributed by atoms with Crippen molar-refractivity contribution in [3.8, 4) is 0 Å². The third-order valence-electron chi connectivity index (χ3n) is 8.00. The third-order valence-corrected chi connectivity index (χ3v) is 8.00. The zero-order valence-corrected chi connectivity index (χ0v) is 27.3. The van der Waals surface area contributed by atoms with E-state index in [-0.39, 0.29) is 24.5 Å². The summed E-state index contributed by atoms with van der Waals surface area (Å²) >= 11 is 0. The highest BCUT2D eigenvalue weighted by molar-refractivity contribution is 5.85. The van der Waals surface area contributed by atoms with Gasteiger partial charge < -0.3 is 15.1 Å². The lowest BCUT2D eigenvalue weighted by Gasteiger charge is -2.36. The Balaban J connectivity index is 0.0000152. The number of hydrogen-bond donors (Lipinski definition) is 1. The van der Waals surface area contributed by atoms with Gasteiger partial charge in [0.1, 0.15) is 0 Å². The molecule has 0 saturated carbocycles. The number of rotatable bonds is 26. The van der Waals surface area contributed by atoms with Crippen LogP contribution in [0.1, 0.15) is 142 Å². The number of carbonyl (C=O) groups is 2. The first kappa shape index (κ1) is 39.0. The molecule has 1 fully saturated rings. The van der Waals surface area contributed by atoms with Crippen molar-refractivity contribution in [2.24, 2.45) is 0 Å². The molecule has 1 aliphatic heterocycles. The van der Waals surface area contributed by atoms with Gasteiger partial charge >= 0.3 is 6.03 Å². The van der Waals surface area contributed by atoms with Crippen LogP contribution in [0.25, 0.3) is 0 Å². The predicted molar refractivity (Wildman–Crippen MR) is 171 cm³/mol. The van der Waals surface area contributed by atoms with Gasteiger partial charge in [0.15, 0.2) is 0 Å². The number of hydrogen-bond acceptors (Lipinski definition) is 4. The molecule has 0 aromatic heterocycles. The minimum Gasteiger partial charge on any atom is -0.338 e. The SMILES string of the molecule is CCCCCCCCCCCCCCCCCCNC(=O)N1CCCCC1CCON(C=O)CCCN(C)C.Cl. The Morgan fingerprint density at radius 2 is 1.38 bits per heavy atom. The van der Waals surface area contributed by atoms with Gasteiger partial charge in [-0.2, -0.15) is 0 Å². The first-order valence-electron chi connectivity index (χ1n) is 16.6. The van der Waals surface area contributed by atoms with Crippen LogP contribution in [0.2, 0.25) is 0 Å². The first-order chi connectivity index (χ1) is 19.1. The van der Waals surface area contributed by atoms with Gasteiger partial charge in [-0.25, -0.2) is 9.86 Å². The molecule has 0 bridgehead atoms. The van der Waals surface area contributed by atoms with Crippen LogP contribution in [-0.2, 0) is 9.63 Å². The highest BCUT2D eigenvalue weighted by Crippen LogP contribution is 2.20. The average Bonchev–Trinajstić information content (AvgIpc) is 2.93. The molecule has 0 aliphatic carbocycles. The number of amides is 3. The first-order valence-corrected chi connectivity index (χ1v) is 16.6. The van der Waals surface area contributed by atoms with Crippen LogP contribution in [0.3, 0.4) is 0 Å². The summed E-state index contributed by atoms with van der Waals surface area (Å²) in [4.78, 5) is 33.9. The molecule has 1 rings (SSSR count). The Labute approximate surface area is 253 Å². The van der Waals surface area contributed by atoms with Gasteiger partial charge in [0.05, 0.1) is 6.61 Å². The Bertz CT molecular complexity index is 582. The molecule has 0 aromatic carbocycles. The summed E-state index contributed by atoms with van der Waals surface area (Å²) in [6, 6.07) is 0.263. The number of likely N-dealkylation sites (tertiary alicyclic amines) is 1. The molecule has 40 heavy (non-hydrogen) atoms. The van der Waals surface area contributed by atoms with E-state index in [0.29, 0.717) is 13.2 Å². The zero-order chi connectivity index (χ0) is 28.4. The lowest BCUT2D eigenvalue weighted by atomic mass is 10.00. The summed E-state index contributed by atoms with van der Waals surface area (Å²) in [5, 5.41) is 4.55. The molecule has 1 N–H and O–H groups in total. The summed E-state index contributed by atoms with van der Waals surface area (Å²) in [5.41, 5.74) is 0. The molecule has 0 spiro atoms. The molecule has 1 atom stereocenters. The number of hydroxylamine groups is 2. The van der Waals surface area contributed by atoms with Gasteiger partial charge in [-0.05, 0) is 59.2 Å². The molecular weight excluding hydrogens is 524 g/mol. The second kappa shape index (κ2) is 28.1. The number of carbonyl (C=O) groups excluding carboxylic acids is 2. The molecule has 0 radical (unpaired) electrons. The minimum absolute atomic E-state index is 0. The van der Waals surface area contributed by atoms with E-state index in [1.807, 2.05) is 19.0 Å². The molecule has 7 nitrogen and oxygen atoms in total. The highest BCUT2D eigenvalue weighted by atomic mass is 35.5. The van der Waals surface area contributed by atoms with Crippen molar-refractivity contribution in [1.82, 2.24) is 20.2 Å². The second-order valence-corrected chi connectivity index (χ2v) is 11.9. The number of piperidine rings is 1. The van der Waals surface area contributed by atoms with Crippen molar-refractivity contribution in [2.75, 3.05) is 46.9 Å². The van der Waals surface area contributed by atoms with Gasteiger partial charge in [-0.15, -0.1) is 12.4 Å². The normalized spacial score (nSPS) is 15.2. The van der Waals surface area contributed by atoms with Crippen LogP contribution in [-0.4, -0.2) is 80.2 Å². The number of unbranched alkanes of at least 4 members (excludes halogenated alkanes) is 15. The van der Waals surface area contributed by atoms with E-state index >= 15 is 0 Å². The van der Waals surface area contributed by atoms with E-state index in [1.165, 1.54) is 101 Å². The van der Waals surface area contributed by atoms with Crippen LogP contribution in [0.15, 0.2) is 0 Å². The van der Waals surface area contributed by atoms with E-state index in [0.717, 1.165) is 64.6 Å². The quantitative estimate of drug-likeness (QED) is 0.0632. The fourth-order valence-electron chi connectivity index (χ4n) is 5.53. The molecule has 1 heterocycles. The largest absolute Gasteiger partial charge is 0.338 e. The number of nitrogens with zero attached hydrogens (tertiary/aromatic N) is 3. The van der Waals surface area contributed by atoms with E-state index in [1.54, 1.807) is 0 Å². The van der Waals surface area contributed by atoms with E-state index in [4.69, 9.17) is 4.84 Å². The lowest BCUT2D eigenvalue weighted by Crippen LogP contribution is -2.49. The Morgan fingerprint density at radius 1 is 0.825 bits per heavy atom. The molecule has 1 saturated heterocycles. The van der Waals surface area contributed by atoms with Crippen molar-refractivity contribution in [1.29, 1.82) is 0 Å². The van der Waals surface area contributed by atoms with Crippen molar-refractivity contribution in [3.63, 3.8) is 0 Å². The Kier molecular flexibility index (Phi) is 27.4. The van der Waals surface area contributed by atoms with Gasteiger partial charge in [0.2, 0.25) is 6.41 Å². The molecule has 1 aliphatic rings. The van der Waals surface area contributed by atoms with E-state index in [9.17, 15) is 9.59 Å². The van der Waals surface area contributed by atoms with Crippen molar-refractivity contribution < 1.29 is 14.4 Å². The smallest absolute Gasteiger partial charge is 0.317 e. The maximum atomic E-state index is 12.8. The van der Waals surface area contributed by atoms with Gasteiger partial charge in [0, 0.05) is 25.7 Å². The zero-order valence-electron chi connectivity index (χ0n) is 26.5. The van der Waals surface area contributed by atoms with Crippen molar-refractivity contribution in [3.05, 3.63) is 0 Å². The Hall–Kier alpha value is -1.05. The van der Waals surface area contributed by atoms with Crippen LogP contribution >= 0.6 is 12.4 Å². The summed E-state index contributed by atoms with van der Waals surface area (Å²) < 4.78 is 0. The number of nitrogens with one attached hydrogen (secondary N) is 1. The lowest BCUT2D eigenvalue weighted by molar-refractivity contribution is -0.174. The fraction of sp³-hybridized carbons (Fsp3) is 0.938. The number of halogens is 1. The average molecular weight is 589 g/mol. The summed E-state index contributed by atoms with van der Waals surface area (Å²) in [6.07, 6.45) is 27.4. The maximum Gasteiger partial charge on any atom is 0.317 e. The number of urea groups is 1. The van der Waals surface area contributed by atoms with Crippen molar-refractivity contribution in [2.45, 2.75) is 148 Å². The molecular formula is C32H65ClN4O3. The standard InChI is InChI=1S/C32H64N4O3.ClH/c1-4-5-6-7-8-9-10-11-12-13-14-15-16-17-18-20-25-33-32(38)36-28-21-19-23-31(36)24-29-39-35(30-37)27-22-26-34(2)3;/h30-31H,4-29H2,1-3H3,(H,33,38);1H. The van der Waals surface area contributed by atoms with Gasteiger partial charge in [-0.1, -0.05) is 103 Å². The third kappa shape index (κ3) is 21.7. The van der Waals surface area contributed by atoms with Gasteiger partial charge in [0.25, 0.3) is 0 Å². The predicted octanol–water partition coefficient (Wildman–Crippen LogP) is 7.97. The molecule has 3 amide bonds. The van der Waals surface area contributed by atoms with Crippen LogP contribution in [0, 0.1) is 0 Å². The maximum absolute atomic E-state index is 12.8. The van der Waals surface area contributed by atoms with Gasteiger partial charge in [-0.3, -0.25) is 9.63 Å².